The van der Waals surface area contributed by atoms with Gasteiger partial charge < -0.3 is 4.90 Å². The summed E-state index contributed by atoms with van der Waals surface area (Å²) in [5.74, 6) is -0.435. The molecule has 1 aliphatic heterocycles. The lowest BCUT2D eigenvalue weighted by Crippen LogP contribution is -2.62. The SMILES string of the molecule is CC[C@@H](C)N1C(=O)c2ccccc2[C@H](C(=O)Nc2nncs2)C12CCCC2. The predicted molar refractivity (Wildman–Crippen MR) is 105 cm³/mol. The molecular weight excluding hydrogens is 360 g/mol. The van der Waals surface area contributed by atoms with Gasteiger partial charge in [0, 0.05) is 11.6 Å². The van der Waals surface area contributed by atoms with Crippen LogP contribution in [0, 0.1) is 0 Å². The number of benzene rings is 1. The number of nitrogens with one attached hydrogen (secondary N) is 1. The third kappa shape index (κ3) is 2.84. The summed E-state index contributed by atoms with van der Waals surface area (Å²) in [4.78, 5) is 28.9. The summed E-state index contributed by atoms with van der Waals surface area (Å²) in [7, 11) is 0. The molecule has 1 N–H and O–H groups in total. The second kappa shape index (κ2) is 7.03. The lowest BCUT2D eigenvalue weighted by molar-refractivity contribution is -0.121. The summed E-state index contributed by atoms with van der Waals surface area (Å²) in [5, 5.41) is 11.2. The fourth-order valence-corrected chi connectivity index (χ4v) is 5.28. The Morgan fingerprint density at radius 2 is 2.11 bits per heavy atom. The minimum atomic E-state index is -0.463. The highest BCUT2D eigenvalue weighted by atomic mass is 32.1. The Bertz CT molecular complexity index is 845. The van der Waals surface area contributed by atoms with Gasteiger partial charge in [0.25, 0.3) is 5.91 Å². The van der Waals surface area contributed by atoms with Gasteiger partial charge in [-0.15, -0.1) is 10.2 Å². The smallest absolute Gasteiger partial charge is 0.254 e. The van der Waals surface area contributed by atoms with Gasteiger partial charge in [-0.3, -0.25) is 14.9 Å². The van der Waals surface area contributed by atoms with Gasteiger partial charge in [0.05, 0.1) is 11.5 Å². The topological polar surface area (TPSA) is 75.2 Å². The molecule has 1 spiro atoms. The molecule has 0 unspecified atom stereocenters. The normalized spacial score (nSPS) is 21.9. The van der Waals surface area contributed by atoms with Crippen molar-refractivity contribution in [2.75, 3.05) is 5.32 Å². The van der Waals surface area contributed by atoms with E-state index in [-0.39, 0.29) is 17.9 Å². The minimum Gasteiger partial charge on any atom is -0.329 e. The molecule has 0 saturated heterocycles. The largest absolute Gasteiger partial charge is 0.329 e. The first-order chi connectivity index (χ1) is 13.1. The van der Waals surface area contributed by atoms with Gasteiger partial charge >= 0.3 is 0 Å². The van der Waals surface area contributed by atoms with Crippen LogP contribution in [0.5, 0.6) is 0 Å². The summed E-state index contributed by atoms with van der Waals surface area (Å²) in [5.41, 5.74) is 2.62. The van der Waals surface area contributed by atoms with Crippen LogP contribution in [0.2, 0.25) is 0 Å². The fourth-order valence-electron chi connectivity index (χ4n) is 4.83. The average Bonchev–Trinajstić information content (AvgIpc) is 3.34. The van der Waals surface area contributed by atoms with Crippen molar-refractivity contribution in [3.63, 3.8) is 0 Å². The van der Waals surface area contributed by atoms with Gasteiger partial charge in [-0.05, 0) is 37.8 Å². The van der Waals surface area contributed by atoms with Crippen LogP contribution >= 0.6 is 11.3 Å². The molecule has 27 heavy (non-hydrogen) atoms. The highest BCUT2D eigenvalue weighted by molar-refractivity contribution is 7.13. The standard InChI is InChI=1S/C20H24N4O2S/c1-3-13(2)24-18(26)15-9-5-4-8-14(15)16(20(24)10-6-7-11-20)17(25)22-19-23-21-12-27-19/h4-5,8-9,12-13,16H,3,6-7,10-11H2,1-2H3,(H,22,23,25)/t13-,16-/m1/s1. The number of fused-ring (bicyclic) bond motifs is 1. The zero-order valence-corrected chi connectivity index (χ0v) is 16.5. The van der Waals surface area contributed by atoms with E-state index in [1.165, 1.54) is 11.3 Å². The molecule has 2 aliphatic rings. The number of hydrogen-bond acceptors (Lipinski definition) is 5. The lowest BCUT2D eigenvalue weighted by atomic mass is 9.70. The van der Waals surface area contributed by atoms with E-state index in [1.807, 2.05) is 29.2 Å². The number of rotatable bonds is 4. The molecule has 142 valence electrons. The number of anilines is 1. The van der Waals surface area contributed by atoms with Crippen molar-refractivity contribution in [2.45, 2.75) is 63.5 Å². The molecule has 1 aliphatic carbocycles. The van der Waals surface area contributed by atoms with E-state index >= 15 is 0 Å². The van der Waals surface area contributed by atoms with Crippen molar-refractivity contribution in [1.29, 1.82) is 0 Å². The molecule has 4 rings (SSSR count). The van der Waals surface area contributed by atoms with Crippen LogP contribution in [0.25, 0.3) is 0 Å². The Morgan fingerprint density at radius 3 is 2.78 bits per heavy atom. The van der Waals surface area contributed by atoms with Crippen molar-refractivity contribution in [2.24, 2.45) is 0 Å². The molecule has 0 bridgehead atoms. The number of hydrogen-bond donors (Lipinski definition) is 1. The van der Waals surface area contributed by atoms with Crippen molar-refractivity contribution in [3.05, 3.63) is 40.9 Å². The highest BCUT2D eigenvalue weighted by Crippen LogP contribution is 2.51. The summed E-state index contributed by atoms with van der Waals surface area (Å²) >= 11 is 1.30. The maximum absolute atomic E-state index is 13.4. The first-order valence-electron chi connectivity index (χ1n) is 9.58. The van der Waals surface area contributed by atoms with Crippen molar-refractivity contribution in [1.82, 2.24) is 15.1 Å². The molecule has 6 nitrogen and oxygen atoms in total. The molecule has 7 heteroatoms. The highest BCUT2D eigenvalue weighted by Gasteiger charge is 2.56. The summed E-state index contributed by atoms with van der Waals surface area (Å²) in [6, 6.07) is 7.66. The van der Waals surface area contributed by atoms with Crippen LogP contribution in [-0.2, 0) is 4.79 Å². The van der Waals surface area contributed by atoms with Gasteiger partial charge in [-0.25, -0.2) is 0 Å². The molecule has 2 atom stereocenters. The zero-order valence-electron chi connectivity index (χ0n) is 15.6. The average molecular weight is 385 g/mol. The number of aromatic nitrogens is 2. The van der Waals surface area contributed by atoms with E-state index in [9.17, 15) is 9.59 Å². The molecule has 1 fully saturated rings. The lowest BCUT2D eigenvalue weighted by Gasteiger charge is -2.52. The first-order valence-corrected chi connectivity index (χ1v) is 10.5. The summed E-state index contributed by atoms with van der Waals surface area (Å²) < 4.78 is 0. The monoisotopic (exact) mass is 384 g/mol. The van der Waals surface area contributed by atoms with Gasteiger partial charge in [-0.1, -0.05) is 49.3 Å². The van der Waals surface area contributed by atoms with Crippen LogP contribution in [0.3, 0.4) is 0 Å². The zero-order chi connectivity index (χ0) is 19.0. The van der Waals surface area contributed by atoms with Crippen LogP contribution in [0.1, 0.15) is 67.8 Å². The summed E-state index contributed by atoms with van der Waals surface area (Å²) in [6.45, 7) is 4.18. The second-order valence-electron chi connectivity index (χ2n) is 7.50. The minimum absolute atomic E-state index is 0.0572. The third-order valence-corrected chi connectivity index (χ3v) is 6.70. The molecule has 1 saturated carbocycles. The number of nitrogens with zero attached hydrogens (tertiary/aromatic N) is 3. The molecule has 2 heterocycles. The molecule has 1 aromatic carbocycles. The Labute approximate surface area is 163 Å². The van der Waals surface area contributed by atoms with Crippen LogP contribution in [0.15, 0.2) is 29.8 Å². The second-order valence-corrected chi connectivity index (χ2v) is 8.33. The van der Waals surface area contributed by atoms with Gasteiger partial charge in [0.1, 0.15) is 5.51 Å². The van der Waals surface area contributed by atoms with E-state index in [0.29, 0.717) is 10.7 Å². The third-order valence-electron chi connectivity index (χ3n) is 6.09. The van der Waals surface area contributed by atoms with E-state index < -0.39 is 11.5 Å². The van der Waals surface area contributed by atoms with Gasteiger partial charge in [-0.2, -0.15) is 0 Å². The van der Waals surface area contributed by atoms with Crippen molar-refractivity contribution in [3.8, 4) is 0 Å². The molecule has 0 radical (unpaired) electrons. The van der Waals surface area contributed by atoms with Gasteiger partial charge in [0.15, 0.2) is 0 Å². The summed E-state index contributed by atoms with van der Waals surface area (Å²) in [6.07, 6.45) is 4.63. The van der Waals surface area contributed by atoms with Crippen molar-refractivity contribution >= 4 is 28.3 Å². The molecular formula is C20H24N4O2S. The van der Waals surface area contributed by atoms with E-state index in [1.54, 1.807) is 5.51 Å². The fraction of sp³-hybridized carbons (Fsp3) is 0.500. The van der Waals surface area contributed by atoms with Crippen LogP contribution in [-0.4, -0.2) is 38.5 Å². The molecule has 2 aromatic rings. The number of carbonyl (C=O) groups is 2. The number of amides is 2. The Hall–Kier alpha value is -2.28. The maximum Gasteiger partial charge on any atom is 0.254 e. The van der Waals surface area contributed by atoms with Crippen molar-refractivity contribution < 1.29 is 9.59 Å². The van der Waals surface area contributed by atoms with Crippen LogP contribution < -0.4 is 5.32 Å². The van der Waals surface area contributed by atoms with Gasteiger partial charge in [0.2, 0.25) is 11.0 Å². The van der Waals surface area contributed by atoms with E-state index in [4.69, 9.17) is 0 Å². The number of carbonyl (C=O) groups excluding carboxylic acids is 2. The van der Waals surface area contributed by atoms with E-state index in [2.05, 4.69) is 29.4 Å². The van der Waals surface area contributed by atoms with Crippen LogP contribution in [0.4, 0.5) is 5.13 Å². The quantitative estimate of drug-likeness (QED) is 0.869. The first kappa shape index (κ1) is 18.1. The Balaban J connectivity index is 1.85. The van der Waals surface area contributed by atoms with E-state index in [0.717, 1.165) is 37.7 Å². The molecule has 2 amide bonds. The Kier molecular flexibility index (Phi) is 4.72. The maximum atomic E-state index is 13.4. The Morgan fingerprint density at radius 1 is 1.37 bits per heavy atom. The molecule has 1 aromatic heterocycles. The predicted octanol–water partition coefficient (Wildman–Crippen LogP) is 3.83.